The van der Waals surface area contributed by atoms with Gasteiger partial charge < -0.3 is 10.4 Å². The van der Waals surface area contributed by atoms with E-state index in [4.69, 9.17) is 5.11 Å². The second kappa shape index (κ2) is 6.89. The molecule has 3 aromatic heterocycles. The monoisotopic (exact) mass is 418 g/mol. The normalized spacial score (nSPS) is 11.7. The molecule has 10 heteroatoms. The van der Waals surface area contributed by atoms with Crippen molar-refractivity contribution < 1.29 is 23.1 Å². The zero-order chi connectivity index (χ0) is 20.8. The maximum Gasteiger partial charge on any atom is 0.417 e. The number of anilines is 2. The second-order valence-electron chi connectivity index (χ2n) is 6.23. The van der Waals surface area contributed by atoms with E-state index >= 15 is 0 Å². The third-order valence-corrected chi connectivity index (χ3v) is 5.01. The molecule has 6 nitrogen and oxygen atoms in total. The van der Waals surface area contributed by atoms with E-state index in [1.165, 1.54) is 33.9 Å². The quantitative estimate of drug-likeness (QED) is 0.475. The van der Waals surface area contributed by atoms with Gasteiger partial charge in [0.05, 0.1) is 22.5 Å². The zero-order valence-electron chi connectivity index (χ0n) is 14.9. The fourth-order valence-corrected chi connectivity index (χ4v) is 3.61. The Hall–Kier alpha value is -3.40. The Morgan fingerprint density at radius 2 is 1.86 bits per heavy atom. The number of nitrogens with zero attached hydrogens (tertiary/aromatic N) is 3. The third-order valence-electron chi connectivity index (χ3n) is 4.25. The van der Waals surface area contributed by atoms with Gasteiger partial charge >= 0.3 is 12.1 Å². The molecule has 0 aliphatic rings. The highest BCUT2D eigenvalue weighted by molar-refractivity contribution is 7.14. The molecule has 4 aromatic rings. The van der Waals surface area contributed by atoms with Gasteiger partial charge in [-0.3, -0.25) is 4.40 Å². The van der Waals surface area contributed by atoms with Crippen LogP contribution in [-0.2, 0) is 6.18 Å². The predicted molar refractivity (Wildman–Crippen MR) is 103 cm³/mol. The smallest absolute Gasteiger partial charge is 0.417 e. The number of fused-ring (bicyclic) bond motifs is 1. The van der Waals surface area contributed by atoms with E-state index < -0.39 is 17.7 Å². The molecule has 0 spiro atoms. The van der Waals surface area contributed by atoms with Crippen LogP contribution in [0.3, 0.4) is 0 Å². The van der Waals surface area contributed by atoms with Crippen molar-refractivity contribution in [2.24, 2.45) is 0 Å². The van der Waals surface area contributed by atoms with Crippen LogP contribution in [-0.4, -0.2) is 25.4 Å². The SMILES string of the molecule is Cc1nc2ccc(C(F)(F)F)cn2c1-c1csc(Nc2ccc(C(=O)O)cc2)n1. The lowest BCUT2D eigenvalue weighted by Gasteiger charge is -2.08. The number of halogens is 3. The van der Waals surface area contributed by atoms with Gasteiger partial charge in [0, 0.05) is 17.3 Å². The fraction of sp³-hybridized carbons (Fsp3) is 0.105. The molecular formula is C19H13F3N4O2S. The van der Waals surface area contributed by atoms with Crippen LogP contribution in [0.15, 0.2) is 48.0 Å². The summed E-state index contributed by atoms with van der Waals surface area (Å²) in [6, 6.07) is 8.48. The first-order valence-corrected chi connectivity index (χ1v) is 9.22. The topological polar surface area (TPSA) is 79.5 Å². The number of pyridine rings is 1. The molecule has 0 amide bonds. The van der Waals surface area contributed by atoms with Crippen molar-refractivity contribution in [2.45, 2.75) is 13.1 Å². The summed E-state index contributed by atoms with van der Waals surface area (Å²) in [4.78, 5) is 19.7. The Morgan fingerprint density at radius 3 is 2.52 bits per heavy atom. The summed E-state index contributed by atoms with van der Waals surface area (Å²) in [6.07, 6.45) is -3.44. The highest BCUT2D eigenvalue weighted by Crippen LogP contribution is 2.33. The lowest BCUT2D eigenvalue weighted by molar-refractivity contribution is -0.137. The molecule has 148 valence electrons. The molecule has 0 radical (unpaired) electrons. The van der Waals surface area contributed by atoms with Crippen molar-refractivity contribution in [3.05, 3.63) is 64.8 Å². The molecule has 3 heterocycles. The van der Waals surface area contributed by atoms with Crippen LogP contribution in [0, 0.1) is 6.92 Å². The van der Waals surface area contributed by atoms with Crippen molar-refractivity contribution >= 4 is 33.8 Å². The number of rotatable bonds is 4. The minimum atomic E-state index is -4.46. The second-order valence-corrected chi connectivity index (χ2v) is 7.09. The number of carboxylic acids is 1. The summed E-state index contributed by atoms with van der Waals surface area (Å²) in [5.74, 6) is -1.02. The molecule has 0 aliphatic carbocycles. The Morgan fingerprint density at radius 1 is 1.14 bits per heavy atom. The number of alkyl halides is 3. The molecule has 0 bridgehead atoms. The Balaban J connectivity index is 1.67. The highest BCUT2D eigenvalue weighted by Gasteiger charge is 2.31. The molecule has 29 heavy (non-hydrogen) atoms. The molecule has 0 atom stereocenters. The molecule has 0 fully saturated rings. The summed E-state index contributed by atoms with van der Waals surface area (Å²) < 4.78 is 40.6. The van der Waals surface area contributed by atoms with Gasteiger partial charge in [0.1, 0.15) is 11.3 Å². The van der Waals surface area contributed by atoms with Crippen LogP contribution in [0.5, 0.6) is 0 Å². The number of carboxylic acid groups (broad SMARTS) is 1. The van der Waals surface area contributed by atoms with Crippen molar-refractivity contribution in [3.63, 3.8) is 0 Å². The first-order chi connectivity index (χ1) is 13.7. The van der Waals surface area contributed by atoms with Crippen molar-refractivity contribution in [2.75, 3.05) is 5.32 Å². The Labute approximate surface area is 166 Å². The number of imidazole rings is 1. The van der Waals surface area contributed by atoms with Crippen molar-refractivity contribution in [3.8, 4) is 11.4 Å². The average molecular weight is 418 g/mol. The maximum absolute atomic E-state index is 13.1. The van der Waals surface area contributed by atoms with Gasteiger partial charge in [-0.25, -0.2) is 14.8 Å². The molecule has 0 saturated carbocycles. The molecule has 4 rings (SSSR count). The van der Waals surface area contributed by atoms with E-state index in [2.05, 4.69) is 15.3 Å². The van der Waals surface area contributed by atoms with Crippen molar-refractivity contribution in [1.29, 1.82) is 0 Å². The van der Waals surface area contributed by atoms with Crippen LogP contribution in [0.25, 0.3) is 17.0 Å². The van der Waals surface area contributed by atoms with Gasteiger partial charge in [-0.15, -0.1) is 11.3 Å². The standard InChI is InChI=1S/C19H13F3N4O2S/c1-10-16(26-8-12(19(20,21)22)4-7-15(26)23-10)14-9-29-18(25-14)24-13-5-2-11(3-6-13)17(27)28/h2-9H,1H3,(H,24,25)(H,27,28). The van der Waals surface area contributed by atoms with Gasteiger partial charge in [-0.05, 0) is 43.3 Å². The molecule has 1 aromatic carbocycles. The Kier molecular flexibility index (Phi) is 4.50. The van der Waals surface area contributed by atoms with Gasteiger partial charge in [0.15, 0.2) is 5.13 Å². The third kappa shape index (κ3) is 3.66. The average Bonchev–Trinajstić information content (AvgIpc) is 3.23. The van der Waals surface area contributed by atoms with E-state index in [1.54, 1.807) is 24.4 Å². The van der Waals surface area contributed by atoms with Crippen molar-refractivity contribution in [1.82, 2.24) is 14.4 Å². The summed E-state index contributed by atoms with van der Waals surface area (Å²) in [5, 5.41) is 14.3. The van der Waals surface area contributed by atoms with Gasteiger partial charge in [0.2, 0.25) is 0 Å². The number of hydrogen-bond acceptors (Lipinski definition) is 5. The largest absolute Gasteiger partial charge is 0.478 e. The Bertz CT molecular complexity index is 1210. The van der Waals surface area contributed by atoms with Gasteiger partial charge in [0.25, 0.3) is 0 Å². The number of nitrogens with one attached hydrogen (secondary N) is 1. The van der Waals surface area contributed by atoms with Crippen LogP contribution in [0.4, 0.5) is 24.0 Å². The molecular weight excluding hydrogens is 405 g/mol. The fourth-order valence-electron chi connectivity index (χ4n) is 2.90. The minimum Gasteiger partial charge on any atom is -0.478 e. The summed E-state index contributed by atoms with van der Waals surface area (Å²) in [6.45, 7) is 1.71. The van der Waals surface area contributed by atoms with Crippen LogP contribution < -0.4 is 5.32 Å². The zero-order valence-corrected chi connectivity index (χ0v) is 15.7. The summed E-state index contributed by atoms with van der Waals surface area (Å²) in [7, 11) is 0. The van der Waals surface area contributed by atoms with E-state index in [1.807, 2.05) is 0 Å². The number of aromatic nitrogens is 3. The van der Waals surface area contributed by atoms with Crippen LogP contribution in [0.1, 0.15) is 21.6 Å². The lowest BCUT2D eigenvalue weighted by Crippen LogP contribution is -2.06. The van der Waals surface area contributed by atoms with E-state index in [-0.39, 0.29) is 5.56 Å². The maximum atomic E-state index is 13.1. The molecule has 0 saturated heterocycles. The number of hydrogen-bond donors (Lipinski definition) is 2. The van der Waals surface area contributed by atoms with Gasteiger partial charge in [-0.2, -0.15) is 13.2 Å². The van der Waals surface area contributed by atoms with Crippen LogP contribution in [0.2, 0.25) is 0 Å². The van der Waals surface area contributed by atoms with E-state index in [0.717, 1.165) is 12.3 Å². The van der Waals surface area contributed by atoms with E-state index in [9.17, 15) is 18.0 Å². The molecule has 0 unspecified atom stereocenters. The summed E-state index contributed by atoms with van der Waals surface area (Å²) >= 11 is 1.28. The van der Waals surface area contributed by atoms with Crippen LogP contribution >= 0.6 is 11.3 Å². The predicted octanol–water partition coefficient (Wildman–Crippen LogP) is 5.23. The number of aryl methyl sites for hydroxylation is 1. The summed E-state index contributed by atoms with van der Waals surface area (Å²) in [5.41, 5.74) is 1.97. The number of carbonyl (C=O) groups is 1. The number of thiazole rings is 1. The van der Waals surface area contributed by atoms with Gasteiger partial charge in [-0.1, -0.05) is 0 Å². The minimum absolute atomic E-state index is 0.164. The van der Waals surface area contributed by atoms with E-state index in [0.29, 0.717) is 33.5 Å². The number of benzene rings is 1. The highest BCUT2D eigenvalue weighted by atomic mass is 32.1. The molecule has 0 aliphatic heterocycles. The first kappa shape index (κ1) is 18.9. The lowest BCUT2D eigenvalue weighted by atomic mass is 10.2. The number of aromatic carboxylic acids is 1. The first-order valence-electron chi connectivity index (χ1n) is 8.34. The molecule has 2 N–H and O–H groups in total.